The monoisotopic (exact) mass is 290 g/mol. The third-order valence-corrected chi connectivity index (χ3v) is 2.83. The van der Waals surface area contributed by atoms with Crippen LogP contribution in [0, 0.1) is 0 Å². The Labute approximate surface area is 116 Å². The number of amides is 2. The van der Waals surface area contributed by atoms with E-state index in [1.165, 1.54) is 0 Å². The number of benzene rings is 1. The molecule has 1 aromatic carbocycles. The van der Waals surface area contributed by atoms with Crippen molar-refractivity contribution in [2.75, 3.05) is 11.9 Å². The maximum absolute atomic E-state index is 11.5. The minimum Gasteiger partial charge on any atom is -0.393 e. The van der Waals surface area contributed by atoms with Crippen molar-refractivity contribution >= 4 is 34.9 Å². The smallest absolute Gasteiger partial charge is 0.319 e. The lowest BCUT2D eigenvalue weighted by molar-refractivity contribution is 0.181. The van der Waals surface area contributed by atoms with Crippen molar-refractivity contribution in [3.05, 3.63) is 28.2 Å². The van der Waals surface area contributed by atoms with Crippen LogP contribution in [0.2, 0.25) is 10.0 Å². The molecule has 0 aromatic heterocycles. The summed E-state index contributed by atoms with van der Waals surface area (Å²) in [6, 6.07) is 4.51. The Kier molecular flexibility index (Phi) is 6.25. The second kappa shape index (κ2) is 7.46. The number of aliphatic hydroxyl groups excluding tert-OH is 1. The van der Waals surface area contributed by atoms with E-state index in [-0.39, 0.29) is 12.1 Å². The molecule has 0 aliphatic carbocycles. The summed E-state index contributed by atoms with van der Waals surface area (Å²) < 4.78 is 0. The van der Waals surface area contributed by atoms with Crippen LogP contribution in [0.1, 0.15) is 19.8 Å². The van der Waals surface area contributed by atoms with Crippen molar-refractivity contribution < 1.29 is 9.90 Å². The second-order valence-corrected chi connectivity index (χ2v) is 4.84. The minimum atomic E-state index is -0.350. The third-order valence-electron chi connectivity index (χ3n) is 2.26. The van der Waals surface area contributed by atoms with E-state index in [0.29, 0.717) is 35.1 Å². The van der Waals surface area contributed by atoms with E-state index in [4.69, 9.17) is 28.3 Å². The van der Waals surface area contributed by atoms with Gasteiger partial charge in [-0.25, -0.2) is 4.79 Å². The van der Waals surface area contributed by atoms with Crippen molar-refractivity contribution in [1.29, 1.82) is 0 Å². The first-order valence-electron chi connectivity index (χ1n) is 5.67. The van der Waals surface area contributed by atoms with Gasteiger partial charge >= 0.3 is 6.03 Å². The number of hydrogen-bond donors (Lipinski definition) is 3. The first-order chi connectivity index (χ1) is 8.49. The number of hydrogen-bond acceptors (Lipinski definition) is 2. The molecule has 3 N–H and O–H groups in total. The number of halogens is 2. The summed E-state index contributed by atoms with van der Waals surface area (Å²) >= 11 is 11.7. The maximum atomic E-state index is 11.5. The molecule has 0 spiro atoms. The fourth-order valence-corrected chi connectivity index (χ4v) is 1.70. The summed E-state index contributed by atoms with van der Waals surface area (Å²) in [5, 5.41) is 15.3. The Hall–Kier alpha value is -0.970. The van der Waals surface area contributed by atoms with Gasteiger partial charge in [0.15, 0.2) is 0 Å². The van der Waals surface area contributed by atoms with E-state index in [2.05, 4.69) is 10.6 Å². The zero-order chi connectivity index (χ0) is 13.5. The van der Waals surface area contributed by atoms with Crippen molar-refractivity contribution in [3.8, 4) is 0 Å². The quantitative estimate of drug-likeness (QED) is 0.729. The van der Waals surface area contributed by atoms with Gasteiger partial charge < -0.3 is 15.7 Å². The van der Waals surface area contributed by atoms with E-state index in [1.54, 1.807) is 25.1 Å². The van der Waals surface area contributed by atoms with Gasteiger partial charge in [0, 0.05) is 11.6 Å². The first-order valence-corrected chi connectivity index (χ1v) is 6.42. The number of nitrogens with one attached hydrogen (secondary N) is 2. The number of aliphatic hydroxyl groups is 1. The van der Waals surface area contributed by atoms with Crippen molar-refractivity contribution in [3.63, 3.8) is 0 Å². The molecule has 0 aliphatic heterocycles. The zero-order valence-corrected chi connectivity index (χ0v) is 11.6. The van der Waals surface area contributed by atoms with E-state index in [0.717, 1.165) is 0 Å². The molecule has 0 aliphatic rings. The molecule has 4 nitrogen and oxygen atoms in total. The highest BCUT2D eigenvalue weighted by molar-refractivity contribution is 6.35. The van der Waals surface area contributed by atoms with Crippen LogP contribution in [0.5, 0.6) is 0 Å². The highest BCUT2D eigenvalue weighted by atomic mass is 35.5. The lowest BCUT2D eigenvalue weighted by atomic mass is 10.2. The number of carbonyl (C=O) groups is 1. The standard InChI is InChI=1S/C12H16Cl2N2O2/c1-8(17)3-2-6-15-12(18)16-11-7-9(13)4-5-10(11)14/h4-5,7-8,17H,2-3,6H2,1H3,(H2,15,16,18). The van der Waals surface area contributed by atoms with Crippen LogP contribution in [0.4, 0.5) is 10.5 Å². The van der Waals surface area contributed by atoms with Gasteiger partial charge in [0.2, 0.25) is 0 Å². The molecule has 18 heavy (non-hydrogen) atoms. The average molecular weight is 291 g/mol. The van der Waals surface area contributed by atoms with Gasteiger partial charge in [0.1, 0.15) is 0 Å². The van der Waals surface area contributed by atoms with Crippen molar-refractivity contribution in [1.82, 2.24) is 5.32 Å². The summed E-state index contributed by atoms with van der Waals surface area (Å²) in [7, 11) is 0. The van der Waals surface area contributed by atoms with Gasteiger partial charge in [-0.2, -0.15) is 0 Å². The summed E-state index contributed by atoms with van der Waals surface area (Å²) in [6.45, 7) is 2.21. The molecular formula is C12H16Cl2N2O2. The van der Waals surface area contributed by atoms with E-state index in [9.17, 15) is 4.79 Å². The molecule has 0 fully saturated rings. The van der Waals surface area contributed by atoms with Gasteiger partial charge in [0.05, 0.1) is 16.8 Å². The Morgan fingerprint density at radius 2 is 2.17 bits per heavy atom. The van der Waals surface area contributed by atoms with Gasteiger partial charge in [-0.15, -0.1) is 0 Å². The van der Waals surface area contributed by atoms with Crippen LogP contribution in [0.15, 0.2) is 18.2 Å². The molecular weight excluding hydrogens is 275 g/mol. The second-order valence-electron chi connectivity index (χ2n) is 4.00. The van der Waals surface area contributed by atoms with Crippen LogP contribution in [0.25, 0.3) is 0 Å². The van der Waals surface area contributed by atoms with Gasteiger partial charge in [-0.3, -0.25) is 0 Å². The molecule has 2 amide bonds. The zero-order valence-electron chi connectivity index (χ0n) is 10.0. The van der Waals surface area contributed by atoms with Crippen LogP contribution in [0.3, 0.4) is 0 Å². The molecule has 6 heteroatoms. The van der Waals surface area contributed by atoms with Crippen LogP contribution >= 0.6 is 23.2 Å². The number of carbonyl (C=O) groups excluding carboxylic acids is 1. The van der Waals surface area contributed by atoms with Crippen LogP contribution < -0.4 is 10.6 Å². The molecule has 1 atom stereocenters. The molecule has 0 saturated heterocycles. The molecule has 0 heterocycles. The van der Waals surface area contributed by atoms with E-state index < -0.39 is 0 Å². The Bertz CT molecular complexity index is 411. The summed E-state index contributed by atoms with van der Waals surface area (Å²) in [6.07, 6.45) is 1.02. The highest BCUT2D eigenvalue weighted by Gasteiger charge is 2.06. The molecule has 0 radical (unpaired) electrons. The molecule has 0 saturated carbocycles. The van der Waals surface area contributed by atoms with Gasteiger partial charge in [0.25, 0.3) is 0 Å². The normalized spacial score (nSPS) is 12.0. The number of anilines is 1. The minimum absolute atomic E-state index is 0.343. The van der Waals surface area contributed by atoms with E-state index in [1.807, 2.05) is 0 Å². The lowest BCUT2D eigenvalue weighted by Gasteiger charge is -2.09. The average Bonchev–Trinajstić information content (AvgIpc) is 2.29. The number of rotatable bonds is 5. The summed E-state index contributed by atoms with van der Waals surface area (Å²) in [4.78, 5) is 11.5. The maximum Gasteiger partial charge on any atom is 0.319 e. The Morgan fingerprint density at radius 3 is 2.83 bits per heavy atom. The van der Waals surface area contributed by atoms with Gasteiger partial charge in [-0.05, 0) is 38.0 Å². The predicted octanol–water partition coefficient (Wildman–Crippen LogP) is 3.28. The molecule has 1 rings (SSSR count). The van der Waals surface area contributed by atoms with Crippen LogP contribution in [-0.4, -0.2) is 23.8 Å². The molecule has 1 unspecified atom stereocenters. The van der Waals surface area contributed by atoms with E-state index >= 15 is 0 Å². The fourth-order valence-electron chi connectivity index (χ4n) is 1.36. The fraction of sp³-hybridized carbons (Fsp3) is 0.417. The number of urea groups is 1. The third kappa shape index (κ3) is 5.58. The summed E-state index contributed by atoms with van der Waals surface area (Å²) in [5.74, 6) is 0. The summed E-state index contributed by atoms with van der Waals surface area (Å²) in [5.41, 5.74) is 0.470. The Balaban J connectivity index is 2.38. The van der Waals surface area contributed by atoms with Crippen molar-refractivity contribution in [2.45, 2.75) is 25.9 Å². The lowest BCUT2D eigenvalue weighted by Crippen LogP contribution is -2.30. The molecule has 100 valence electrons. The first kappa shape index (κ1) is 15.1. The van der Waals surface area contributed by atoms with Gasteiger partial charge in [-0.1, -0.05) is 23.2 Å². The SMILES string of the molecule is CC(O)CCCNC(=O)Nc1cc(Cl)ccc1Cl. The topological polar surface area (TPSA) is 61.4 Å². The van der Waals surface area contributed by atoms with Crippen molar-refractivity contribution in [2.24, 2.45) is 0 Å². The largest absolute Gasteiger partial charge is 0.393 e. The molecule has 0 bridgehead atoms. The van der Waals surface area contributed by atoms with Crippen LogP contribution in [-0.2, 0) is 0 Å². The predicted molar refractivity (Wildman–Crippen MR) is 74.4 cm³/mol. The highest BCUT2D eigenvalue weighted by Crippen LogP contribution is 2.25. The Morgan fingerprint density at radius 1 is 1.44 bits per heavy atom. The molecule has 1 aromatic rings.